The van der Waals surface area contributed by atoms with Crippen LogP contribution in [0, 0.1) is 5.92 Å². The van der Waals surface area contributed by atoms with Crippen molar-refractivity contribution >= 4 is 12.0 Å². The van der Waals surface area contributed by atoms with Crippen molar-refractivity contribution in [3.8, 4) is 0 Å². The Balaban J connectivity index is 2.35. The summed E-state index contributed by atoms with van der Waals surface area (Å²) in [5.41, 5.74) is -0.472. The van der Waals surface area contributed by atoms with E-state index in [1.54, 1.807) is 11.9 Å². The Morgan fingerprint density at radius 1 is 1.35 bits per heavy atom. The zero-order valence-electron chi connectivity index (χ0n) is 12.9. The van der Waals surface area contributed by atoms with Gasteiger partial charge in [0.2, 0.25) is 5.91 Å². The number of carbonyl (C=O) groups is 2. The van der Waals surface area contributed by atoms with E-state index in [9.17, 15) is 9.59 Å². The smallest absolute Gasteiger partial charge is 0.410 e. The Morgan fingerprint density at radius 3 is 2.65 bits per heavy atom. The van der Waals surface area contributed by atoms with Crippen LogP contribution in [-0.2, 0) is 14.3 Å². The first kappa shape index (κ1) is 16.8. The fourth-order valence-corrected chi connectivity index (χ4v) is 2.08. The third kappa shape index (κ3) is 6.23. The van der Waals surface area contributed by atoms with Gasteiger partial charge in [-0.25, -0.2) is 4.79 Å². The third-order valence-electron chi connectivity index (χ3n) is 3.04. The molecule has 20 heavy (non-hydrogen) atoms. The Morgan fingerprint density at radius 2 is 2.05 bits per heavy atom. The molecule has 0 saturated carbocycles. The number of amides is 2. The van der Waals surface area contributed by atoms with E-state index in [0.717, 1.165) is 19.4 Å². The zero-order valence-corrected chi connectivity index (χ0v) is 12.9. The second-order valence-corrected chi connectivity index (χ2v) is 6.12. The van der Waals surface area contributed by atoms with E-state index in [1.165, 1.54) is 0 Å². The number of piperidine rings is 1. The van der Waals surface area contributed by atoms with Gasteiger partial charge in [0.05, 0.1) is 6.61 Å². The Labute approximate surface area is 120 Å². The molecule has 1 aliphatic heterocycles. The lowest BCUT2D eigenvalue weighted by Gasteiger charge is -2.34. The van der Waals surface area contributed by atoms with Gasteiger partial charge < -0.3 is 19.7 Å². The van der Waals surface area contributed by atoms with E-state index in [1.807, 2.05) is 20.8 Å². The summed E-state index contributed by atoms with van der Waals surface area (Å²) in [6.45, 7) is 7.49. The largest absolute Gasteiger partial charge is 0.444 e. The highest BCUT2D eigenvalue weighted by Gasteiger charge is 2.27. The number of rotatable bonds is 4. The standard InChI is InChI=1S/C14H26N2O4/c1-14(2,3)20-13(18)16-7-5-6-11(8-16)9-19-10-12(17)15-4/h11H,5-10H2,1-4H3,(H,15,17)/t11-/m1/s1. The predicted molar refractivity (Wildman–Crippen MR) is 75.4 cm³/mol. The second kappa shape index (κ2) is 7.47. The van der Waals surface area contributed by atoms with Crippen molar-refractivity contribution in [1.82, 2.24) is 10.2 Å². The molecule has 1 atom stereocenters. The molecule has 1 N–H and O–H groups in total. The molecule has 0 aromatic heterocycles. The van der Waals surface area contributed by atoms with Crippen LogP contribution < -0.4 is 5.32 Å². The van der Waals surface area contributed by atoms with E-state index in [4.69, 9.17) is 9.47 Å². The minimum Gasteiger partial charge on any atom is -0.444 e. The monoisotopic (exact) mass is 286 g/mol. The molecule has 6 heteroatoms. The van der Waals surface area contributed by atoms with Crippen molar-refractivity contribution in [3.05, 3.63) is 0 Å². The van der Waals surface area contributed by atoms with Gasteiger partial charge in [-0.1, -0.05) is 0 Å². The molecule has 1 fully saturated rings. The first-order chi connectivity index (χ1) is 9.31. The zero-order chi connectivity index (χ0) is 15.2. The molecule has 1 aliphatic rings. The van der Waals surface area contributed by atoms with Gasteiger partial charge in [0.25, 0.3) is 0 Å². The fourth-order valence-electron chi connectivity index (χ4n) is 2.08. The average molecular weight is 286 g/mol. The molecule has 0 aromatic rings. The maximum Gasteiger partial charge on any atom is 0.410 e. The van der Waals surface area contributed by atoms with Crippen LogP contribution in [0.2, 0.25) is 0 Å². The molecule has 0 bridgehead atoms. The Hall–Kier alpha value is -1.30. The van der Waals surface area contributed by atoms with E-state index >= 15 is 0 Å². The third-order valence-corrected chi connectivity index (χ3v) is 3.04. The second-order valence-electron chi connectivity index (χ2n) is 6.12. The maximum absolute atomic E-state index is 12.0. The van der Waals surface area contributed by atoms with E-state index in [-0.39, 0.29) is 24.5 Å². The van der Waals surface area contributed by atoms with Gasteiger partial charge in [-0.05, 0) is 33.6 Å². The van der Waals surface area contributed by atoms with Crippen LogP contribution in [0.3, 0.4) is 0 Å². The lowest BCUT2D eigenvalue weighted by atomic mass is 9.99. The number of nitrogens with one attached hydrogen (secondary N) is 1. The summed E-state index contributed by atoms with van der Waals surface area (Å²) in [5, 5.41) is 2.51. The van der Waals surface area contributed by atoms with Crippen molar-refractivity contribution in [2.45, 2.75) is 39.2 Å². The summed E-state index contributed by atoms with van der Waals surface area (Å²) in [4.78, 5) is 24.8. The normalized spacial score (nSPS) is 19.6. The highest BCUT2D eigenvalue weighted by atomic mass is 16.6. The van der Waals surface area contributed by atoms with Gasteiger partial charge in [-0.15, -0.1) is 0 Å². The highest BCUT2D eigenvalue weighted by Crippen LogP contribution is 2.19. The van der Waals surface area contributed by atoms with Crippen LogP contribution in [0.1, 0.15) is 33.6 Å². The molecule has 2 amide bonds. The Kier molecular flexibility index (Phi) is 6.26. The van der Waals surface area contributed by atoms with Crippen molar-refractivity contribution < 1.29 is 19.1 Å². The van der Waals surface area contributed by atoms with E-state index < -0.39 is 5.60 Å². The minimum atomic E-state index is -0.472. The first-order valence-corrected chi connectivity index (χ1v) is 7.08. The SMILES string of the molecule is CNC(=O)COC[C@@H]1CCCN(C(=O)OC(C)(C)C)C1. The minimum absolute atomic E-state index is 0.0689. The molecule has 1 rings (SSSR count). The number of hydrogen-bond acceptors (Lipinski definition) is 4. The molecular formula is C14H26N2O4. The summed E-state index contributed by atoms with van der Waals surface area (Å²) in [6, 6.07) is 0. The number of likely N-dealkylation sites (N-methyl/N-ethyl adjacent to an activating group) is 1. The molecule has 116 valence electrons. The lowest BCUT2D eigenvalue weighted by Crippen LogP contribution is -2.44. The number of nitrogens with zero attached hydrogens (tertiary/aromatic N) is 1. The van der Waals surface area contributed by atoms with E-state index in [2.05, 4.69) is 5.32 Å². The van der Waals surface area contributed by atoms with Crippen LogP contribution >= 0.6 is 0 Å². The maximum atomic E-state index is 12.0. The number of carbonyl (C=O) groups excluding carboxylic acids is 2. The van der Waals surface area contributed by atoms with Gasteiger partial charge in [0.15, 0.2) is 0 Å². The van der Waals surface area contributed by atoms with Crippen LogP contribution in [-0.4, -0.2) is 55.9 Å². The molecule has 1 saturated heterocycles. The molecule has 0 unspecified atom stereocenters. The van der Waals surface area contributed by atoms with E-state index in [0.29, 0.717) is 13.2 Å². The van der Waals surface area contributed by atoms with Gasteiger partial charge in [-0.2, -0.15) is 0 Å². The number of hydrogen-bond donors (Lipinski definition) is 1. The topological polar surface area (TPSA) is 67.9 Å². The quantitative estimate of drug-likeness (QED) is 0.848. The Bertz CT molecular complexity index is 339. The molecule has 0 radical (unpaired) electrons. The molecular weight excluding hydrogens is 260 g/mol. The van der Waals surface area contributed by atoms with Crippen molar-refractivity contribution in [3.63, 3.8) is 0 Å². The number of likely N-dealkylation sites (tertiary alicyclic amines) is 1. The predicted octanol–water partition coefficient (Wildman–Crippen LogP) is 1.40. The molecule has 0 aromatic carbocycles. The van der Waals surface area contributed by atoms with Crippen molar-refractivity contribution in [2.24, 2.45) is 5.92 Å². The molecule has 6 nitrogen and oxygen atoms in total. The van der Waals surface area contributed by atoms with Crippen LogP contribution in [0.5, 0.6) is 0 Å². The number of ether oxygens (including phenoxy) is 2. The highest BCUT2D eigenvalue weighted by molar-refractivity contribution is 5.76. The molecule has 1 heterocycles. The van der Waals surface area contributed by atoms with Gasteiger partial charge in [-0.3, -0.25) is 4.79 Å². The van der Waals surface area contributed by atoms with Crippen molar-refractivity contribution in [2.75, 3.05) is 33.4 Å². The van der Waals surface area contributed by atoms with Crippen molar-refractivity contribution in [1.29, 1.82) is 0 Å². The average Bonchev–Trinajstić information content (AvgIpc) is 2.37. The summed E-state index contributed by atoms with van der Waals surface area (Å²) in [5.74, 6) is 0.130. The molecule has 0 aliphatic carbocycles. The first-order valence-electron chi connectivity index (χ1n) is 7.08. The summed E-state index contributed by atoms with van der Waals surface area (Å²) in [6.07, 6.45) is 1.67. The van der Waals surface area contributed by atoms with Gasteiger partial charge in [0.1, 0.15) is 12.2 Å². The summed E-state index contributed by atoms with van der Waals surface area (Å²) < 4.78 is 10.7. The van der Waals surface area contributed by atoms with Gasteiger partial charge >= 0.3 is 6.09 Å². The van der Waals surface area contributed by atoms with Gasteiger partial charge in [0, 0.05) is 26.1 Å². The van der Waals surface area contributed by atoms with Crippen LogP contribution in [0.15, 0.2) is 0 Å². The summed E-state index contributed by atoms with van der Waals surface area (Å²) in [7, 11) is 1.58. The van der Waals surface area contributed by atoms with Crippen LogP contribution in [0.4, 0.5) is 4.79 Å². The fraction of sp³-hybridized carbons (Fsp3) is 0.857. The lowest BCUT2D eigenvalue weighted by molar-refractivity contribution is -0.125. The summed E-state index contributed by atoms with van der Waals surface area (Å²) >= 11 is 0. The van der Waals surface area contributed by atoms with Crippen LogP contribution in [0.25, 0.3) is 0 Å². The molecule has 0 spiro atoms.